The third-order valence-corrected chi connectivity index (χ3v) is 12.6. The van der Waals surface area contributed by atoms with Gasteiger partial charge in [0.05, 0.1) is 32.5 Å². The van der Waals surface area contributed by atoms with Crippen molar-refractivity contribution < 1.29 is 91.4 Å². The van der Waals surface area contributed by atoms with E-state index in [1.807, 2.05) is 0 Å². The summed E-state index contributed by atoms with van der Waals surface area (Å²) in [6.45, 7) is 7.41. The zero-order valence-electron chi connectivity index (χ0n) is 41.2. The Hall–Kier alpha value is -8.02. The fourth-order valence-corrected chi connectivity index (χ4v) is 8.57. The largest absolute Gasteiger partial charge is 0.482 e. The van der Waals surface area contributed by atoms with Crippen molar-refractivity contribution in [1.29, 1.82) is 0 Å². The van der Waals surface area contributed by atoms with Crippen LogP contribution in [0.4, 0.5) is 20.4 Å². The van der Waals surface area contributed by atoms with Crippen LogP contribution in [0.25, 0.3) is 27.2 Å². The summed E-state index contributed by atoms with van der Waals surface area (Å²) in [4.78, 5) is 87.5. The van der Waals surface area contributed by atoms with Crippen molar-refractivity contribution in [3.8, 4) is 11.5 Å². The van der Waals surface area contributed by atoms with Gasteiger partial charge in [0, 0.05) is 12.8 Å². The summed E-state index contributed by atoms with van der Waals surface area (Å²) in [6, 6.07) is 11.7. The highest BCUT2D eigenvalue weighted by Gasteiger charge is 2.53. The van der Waals surface area contributed by atoms with Crippen molar-refractivity contribution >= 4 is 86.8 Å². The summed E-state index contributed by atoms with van der Waals surface area (Å²) in [5.74, 6) is -6.05. The molecule has 2 aromatic carbocycles. The lowest BCUT2D eigenvalue weighted by Gasteiger charge is -2.30. The molecule has 0 saturated carbocycles. The van der Waals surface area contributed by atoms with Gasteiger partial charge in [-0.3, -0.25) is 18.8 Å². The zero-order chi connectivity index (χ0) is 57.5. The van der Waals surface area contributed by atoms with Crippen LogP contribution in [0.2, 0.25) is 10.6 Å². The number of aliphatic hydroxyl groups excluding tert-OH is 2. The summed E-state index contributed by atoms with van der Waals surface area (Å²) in [5, 5.41) is 48.9. The lowest BCUT2D eigenvalue weighted by atomic mass is 9.90. The van der Waals surface area contributed by atoms with Crippen molar-refractivity contribution in [2.45, 2.75) is 87.1 Å². The highest BCUT2D eigenvalue weighted by molar-refractivity contribution is 6.29. The number of halogens is 4. The van der Waals surface area contributed by atoms with Gasteiger partial charge in [-0.15, -0.1) is 0 Å². The third-order valence-electron chi connectivity index (χ3n) is 12.2. The molecule has 6 heterocycles. The normalized spacial score (nSPS) is 21.6. The topological polar surface area (TPSA) is 395 Å². The molecule has 2 aliphatic heterocycles. The molecule has 0 amide bonds. The summed E-state index contributed by atoms with van der Waals surface area (Å²) < 4.78 is 70.6. The van der Waals surface area contributed by atoms with Crippen LogP contribution in [0.1, 0.15) is 37.4 Å². The van der Waals surface area contributed by atoms with Gasteiger partial charge in [-0.25, -0.2) is 44.5 Å². The second kappa shape index (κ2) is 24.8. The average molecular weight is 1150 g/mol. The maximum Gasteiger partial charge on any atom is 0.357 e. The number of carboxylic acids is 3. The van der Waals surface area contributed by atoms with Crippen molar-refractivity contribution in [2.75, 3.05) is 44.6 Å². The number of rotatable bonds is 22. The number of ether oxygens (including phenoxy) is 7. The molecule has 0 radical (unpaired) electrons. The van der Waals surface area contributed by atoms with Gasteiger partial charge < -0.3 is 70.2 Å². The highest BCUT2D eigenvalue weighted by atomic mass is 35.5. The number of ketones is 1. The van der Waals surface area contributed by atoms with Crippen LogP contribution in [0.5, 0.6) is 11.5 Å². The molecular weight excluding hydrogens is 1100 g/mol. The standard InChI is InChI=1S/C25H26ClFN6O7.C22H21ClFN5O10/c1-4-37-23(36)25(13(2)34,9-14-5-7-15(8-6-14)38-12-29-3)39-10-16-19(35)17(27)22(40-16)33-11-30-18-20(28)31-24(26)32-21(18)33;23-21-27-16(25)14-17(28-21)29(8-26-14)18-13(24)15(32)11(39-18)6-38-22(19(33)34,20(35)36)5-9-1-3-10(4-2-9)37-7-12(30)31/h5-8,11,16-17,19,22,35H,4,9-10,12H2,1-2H3,(H2,28,31,32);1-4,8,11,13,15,18,32H,5-7H2,(H,30,31)(H,33,34)(H,35,36)(H2,25,27,28)/t16-,17+,19-,22-,25?;11-,13+,15-,18-/m11/s1. The summed E-state index contributed by atoms with van der Waals surface area (Å²) in [5.41, 5.74) is 7.69. The molecule has 0 aliphatic carbocycles. The predicted octanol–water partition coefficient (Wildman–Crippen LogP) is 2.35. The molecule has 0 spiro atoms. The van der Waals surface area contributed by atoms with E-state index in [4.69, 9.17) is 79.5 Å². The molecular formula is C47H47Cl2F2N11O17. The first-order chi connectivity index (χ1) is 37.5. The van der Waals surface area contributed by atoms with Crippen molar-refractivity contribution in [2.24, 2.45) is 0 Å². The maximum absolute atomic E-state index is 15.3. The number of aliphatic carboxylic acids is 3. The number of nitrogens with two attached hydrogens (primary N) is 2. The number of Topliss-reactive ketones (excluding diaryl/α,β-unsaturated/α-hetero) is 1. The van der Waals surface area contributed by atoms with Gasteiger partial charge in [-0.2, -0.15) is 19.9 Å². The Balaban J connectivity index is 0.000000229. The molecule has 4 aromatic heterocycles. The van der Waals surface area contributed by atoms with E-state index in [0.29, 0.717) is 11.3 Å². The first-order valence-electron chi connectivity index (χ1n) is 23.2. The minimum absolute atomic E-state index is 0.00937. The number of aliphatic hydroxyl groups is 2. The molecule has 2 aliphatic rings. The number of nitrogen functional groups attached to an aromatic ring is 2. The van der Waals surface area contributed by atoms with E-state index in [9.17, 15) is 44.4 Å². The molecule has 28 nitrogen and oxygen atoms in total. The molecule has 0 bridgehead atoms. The number of carbonyl (C=O) groups excluding carboxylic acids is 2. The van der Waals surface area contributed by atoms with Gasteiger partial charge in [0.2, 0.25) is 16.2 Å². The number of alkyl halides is 2. The van der Waals surface area contributed by atoms with Crippen molar-refractivity contribution in [3.05, 3.63) is 94.3 Å². The van der Waals surface area contributed by atoms with Gasteiger partial charge in [0.25, 0.3) is 5.60 Å². The first kappa shape index (κ1) is 58.7. The Morgan fingerprint density at radius 2 is 1.15 bits per heavy atom. The molecule has 2 saturated heterocycles. The Morgan fingerprint density at radius 1 is 0.722 bits per heavy atom. The van der Waals surface area contributed by atoms with Crippen LogP contribution in [0, 0.1) is 6.57 Å². The van der Waals surface area contributed by atoms with Crippen LogP contribution in [-0.4, -0.2) is 175 Å². The third kappa shape index (κ3) is 12.6. The fraction of sp³-hybridized carbons (Fsp3) is 0.404. The number of hydrogen-bond acceptors (Lipinski definition) is 22. The molecule has 8 rings (SSSR count). The molecule has 420 valence electrons. The van der Waals surface area contributed by atoms with E-state index < -0.39 is 116 Å². The van der Waals surface area contributed by atoms with Gasteiger partial charge in [0.15, 0.2) is 60.1 Å². The maximum atomic E-state index is 15.3. The number of fused-ring (bicyclic) bond motifs is 2. The van der Waals surface area contributed by atoms with E-state index in [1.54, 1.807) is 31.2 Å². The number of esters is 1. The Morgan fingerprint density at radius 3 is 1.56 bits per heavy atom. The number of aromatic nitrogens is 8. The van der Waals surface area contributed by atoms with Gasteiger partial charge >= 0.3 is 30.6 Å². The Kier molecular flexibility index (Phi) is 18.4. The number of nitrogens with zero attached hydrogens (tertiary/aromatic N) is 9. The summed E-state index contributed by atoms with van der Waals surface area (Å²) in [7, 11) is 0. The van der Waals surface area contributed by atoms with Gasteiger partial charge in [0.1, 0.15) is 46.9 Å². The first-order valence-corrected chi connectivity index (χ1v) is 24.0. The van der Waals surface area contributed by atoms with Crippen LogP contribution in [0.3, 0.4) is 0 Å². The van der Waals surface area contributed by atoms with Crippen molar-refractivity contribution in [3.63, 3.8) is 0 Å². The number of hydrogen-bond donors (Lipinski definition) is 7. The molecule has 79 heavy (non-hydrogen) atoms. The summed E-state index contributed by atoms with van der Waals surface area (Å²) in [6.07, 6.45) is -11.8. The highest BCUT2D eigenvalue weighted by Crippen LogP contribution is 2.38. The second-order valence-corrected chi connectivity index (χ2v) is 18.0. The molecule has 1 unspecified atom stereocenters. The van der Waals surface area contributed by atoms with E-state index >= 15 is 8.78 Å². The molecule has 9 N–H and O–H groups in total. The van der Waals surface area contributed by atoms with Gasteiger partial charge in [-0.1, -0.05) is 24.3 Å². The monoisotopic (exact) mass is 1150 g/mol. The van der Waals surface area contributed by atoms with E-state index in [0.717, 1.165) is 10.9 Å². The lowest BCUT2D eigenvalue weighted by molar-refractivity contribution is -0.190. The minimum atomic E-state index is -2.84. The van der Waals surface area contributed by atoms with E-state index in [1.165, 1.54) is 42.1 Å². The van der Waals surface area contributed by atoms with E-state index in [2.05, 4.69) is 34.7 Å². The van der Waals surface area contributed by atoms with Crippen LogP contribution < -0.4 is 20.9 Å². The quantitative estimate of drug-likeness (QED) is 0.0222. The van der Waals surface area contributed by atoms with Gasteiger partial charge in [-0.05, 0) is 72.4 Å². The number of carboxylic acid groups (broad SMARTS) is 3. The predicted molar refractivity (Wildman–Crippen MR) is 265 cm³/mol. The van der Waals surface area contributed by atoms with Crippen LogP contribution in [-0.2, 0) is 60.5 Å². The molecule has 32 heteroatoms. The van der Waals surface area contributed by atoms with Crippen LogP contribution >= 0.6 is 23.2 Å². The average Bonchev–Trinajstić information content (AvgIpc) is 4.27. The number of imidazole rings is 2. The SMILES string of the molecule is Nc1nc(Cl)nc2c1ncn2[C@@H]1O[C@H](COC(Cc2ccc(OCC(=O)O)cc2)(C(=O)O)C(=O)O)[C@@H](O)[C@@H]1F.[C-]#[N+]COc1ccc(CC(OC[C@H]2O[C@@H](n3cnc4c(N)nc(Cl)nc43)[C@@H](F)[C@@H]2O)(C(C)=O)C(=O)OCC)cc1. The number of benzene rings is 2. The second-order valence-electron chi connectivity index (χ2n) is 17.3. The smallest absolute Gasteiger partial charge is 0.357 e. The summed E-state index contributed by atoms with van der Waals surface area (Å²) >= 11 is 11.7. The lowest BCUT2D eigenvalue weighted by Crippen LogP contribution is -2.52. The van der Waals surface area contributed by atoms with Crippen molar-refractivity contribution in [1.82, 2.24) is 39.0 Å². The Bertz CT molecular complexity index is 3250. The number of carbonyl (C=O) groups is 5. The zero-order valence-corrected chi connectivity index (χ0v) is 42.7. The molecule has 2 fully saturated rings. The Labute approximate surface area is 453 Å². The fourth-order valence-electron chi connectivity index (χ4n) is 8.22. The number of anilines is 2. The molecule has 6 aromatic rings. The minimum Gasteiger partial charge on any atom is -0.482 e. The van der Waals surface area contributed by atoms with E-state index in [-0.39, 0.29) is 75.6 Å². The van der Waals surface area contributed by atoms with Crippen LogP contribution in [0.15, 0.2) is 61.2 Å². The molecule has 9 atom stereocenters.